The maximum absolute atomic E-state index is 13.2. The summed E-state index contributed by atoms with van der Waals surface area (Å²) in [6.45, 7) is 4.22. The lowest BCUT2D eigenvalue weighted by Gasteiger charge is -2.12. The Hall–Kier alpha value is -1.16. The van der Waals surface area contributed by atoms with Crippen molar-refractivity contribution in [3.05, 3.63) is 47.5 Å². The SMILES string of the molecule is CC(C)c1c(CBr)cnn1-c1cccc(F)c1. The fourth-order valence-corrected chi connectivity index (χ4v) is 2.36. The molecule has 1 heterocycles. The van der Waals surface area contributed by atoms with Gasteiger partial charge in [-0.15, -0.1) is 0 Å². The lowest BCUT2D eigenvalue weighted by atomic mass is 10.1. The Morgan fingerprint density at radius 1 is 1.41 bits per heavy atom. The minimum atomic E-state index is -0.243. The quantitative estimate of drug-likeness (QED) is 0.782. The normalized spacial score (nSPS) is 11.1. The molecule has 2 rings (SSSR count). The van der Waals surface area contributed by atoms with Crippen LogP contribution < -0.4 is 0 Å². The summed E-state index contributed by atoms with van der Waals surface area (Å²) < 4.78 is 15.0. The molecular weight excluding hydrogens is 283 g/mol. The van der Waals surface area contributed by atoms with Crippen LogP contribution in [0.1, 0.15) is 31.0 Å². The number of nitrogens with zero attached hydrogens (tertiary/aromatic N) is 2. The molecule has 0 unspecified atom stereocenters. The molecule has 0 saturated carbocycles. The van der Waals surface area contributed by atoms with Gasteiger partial charge >= 0.3 is 0 Å². The van der Waals surface area contributed by atoms with Crippen molar-refractivity contribution in [3.63, 3.8) is 0 Å². The number of benzene rings is 1. The molecule has 0 aliphatic rings. The highest BCUT2D eigenvalue weighted by Crippen LogP contribution is 2.24. The Bertz CT molecular complexity index is 520. The first kappa shape index (κ1) is 12.3. The first-order chi connectivity index (χ1) is 8.13. The lowest BCUT2D eigenvalue weighted by molar-refractivity contribution is 0.623. The molecule has 0 amide bonds. The van der Waals surface area contributed by atoms with E-state index in [1.165, 1.54) is 12.1 Å². The smallest absolute Gasteiger partial charge is 0.125 e. The summed E-state index contributed by atoms with van der Waals surface area (Å²) in [5, 5.41) is 5.10. The molecule has 4 heteroatoms. The van der Waals surface area contributed by atoms with Crippen molar-refractivity contribution < 1.29 is 4.39 Å². The van der Waals surface area contributed by atoms with E-state index >= 15 is 0 Å². The van der Waals surface area contributed by atoms with Crippen molar-refractivity contribution in [2.24, 2.45) is 0 Å². The van der Waals surface area contributed by atoms with Crippen LogP contribution in [0.3, 0.4) is 0 Å². The van der Waals surface area contributed by atoms with Gasteiger partial charge in [0.2, 0.25) is 0 Å². The van der Waals surface area contributed by atoms with Crippen LogP contribution in [-0.2, 0) is 5.33 Å². The molecule has 0 N–H and O–H groups in total. The van der Waals surface area contributed by atoms with Crippen molar-refractivity contribution in [1.82, 2.24) is 9.78 Å². The van der Waals surface area contributed by atoms with Crippen LogP contribution in [-0.4, -0.2) is 9.78 Å². The van der Waals surface area contributed by atoms with E-state index in [2.05, 4.69) is 34.9 Å². The van der Waals surface area contributed by atoms with Crippen LogP contribution in [0.5, 0.6) is 0 Å². The van der Waals surface area contributed by atoms with Gasteiger partial charge in [-0.1, -0.05) is 35.8 Å². The average Bonchev–Trinajstić information content (AvgIpc) is 2.72. The van der Waals surface area contributed by atoms with Crippen LogP contribution in [0.4, 0.5) is 4.39 Å². The first-order valence-corrected chi connectivity index (χ1v) is 6.64. The van der Waals surface area contributed by atoms with Crippen molar-refractivity contribution in [1.29, 1.82) is 0 Å². The summed E-state index contributed by atoms with van der Waals surface area (Å²) in [5.41, 5.74) is 3.03. The zero-order valence-electron chi connectivity index (χ0n) is 9.82. The molecule has 17 heavy (non-hydrogen) atoms. The number of halogens is 2. The summed E-state index contributed by atoms with van der Waals surface area (Å²) in [4.78, 5) is 0. The van der Waals surface area contributed by atoms with E-state index in [4.69, 9.17) is 0 Å². The molecule has 0 atom stereocenters. The molecule has 2 nitrogen and oxygen atoms in total. The van der Waals surface area contributed by atoms with E-state index in [9.17, 15) is 4.39 Å². The first-order valence-electron chi connectivity index (χ1n) is 5.52. The highest BCUT2D eigenvalue weighted by atomic mass is 79.9. The molecule has 0 radical (unpaired) electrons. The summed E-state index contributed by atoms with van der Waals surface area (Å²) in [7, 11) is 0. The number of rotatable bonds is 3. The van der Waals surface area contributed by atoms with E-state index in [1.54, 1.807) is 6.07 Å². The Morgan fingerprint density at radius 2 is 2.18 bits per heavy atom. The van der Waals surface area contributed by atoms with E-state index in [0.29, 0.717) is 5.92 Å². The second kappa shape index (κ2) is 5.00. The second-order valence-electron chi connectivity index (χ2n) is 4.24. The third kappa shape index (κ3) is 2.41. The standard InChI is InChI=1S/C13H14BrFN2/c1-9(2)13-10(7-14)8-16-17(13)12-5-3-4-11(15)6-12/h3-6,8-9H,7H2,1-2H3. The van der Waals surface area contributed by atoms with Gasteiger partial charge < -0.3 is 0 Å². The van der Waals surface area contributed by atoms with Gasteiger partial charge in [0.05, 0.1) is 17.6 Å². The van der Waals surface area contributed by atoms with Gasteiger partial charge in [0.1, 0.15) is 5.82 Å². The fraction of sp³-hybridized carbons (Fsp3) is 0.308. The Balaban J connectivity index is 2.56. The van der Waals surface area contributed by atoms with E-state index in [1.807, 2.05) is 16.9 Å². The molecule has 2 aromatic rings. The molecule has 0 saturated heterocycles. The third-order valence-corrected chi connectivity index (χ3v) is 3.23. The van der Waals surface area contributed by atoms with Gasteiger partial charge in [0, 0.05) is 10.9 Å². The monoisotopic (exact) mass is 296 g/mol. The summed E-state index contributed by atoms with van der Waals surface area (Å²) in [6.07, 6.45) is 1.83. The summed E-state index contributed by atoms with van der Waals surface area (Å²) in [5.74, 6) is 0.0985. The molecule has 1 aromatic carbocycles. The second-order valence-corrected chi connectivity index (χ2v) is 4.80. The van der Waals surface area contributed by atoms with Gasteiger partial charge in [-0.3, -0.25) is 0 Å². The van der Waals surface area contributed by atoms with E-state index in [0.717, 1.165) is 22.3 Å². The maximum atomic E-state index is 13.2. The molecule has 0 aliphatic heterocycles. The molecule has 0 fully saturated rings. The zero-order chi connectivity index (χ0) is 12.4. The average molecular weight is 297 g/mol. The van der Waals surface area contributed by atoms with Crippen LogP contribution in [0.15, 0.2) is 30.5 Å². The van der Waals surface area contributed by atoms with Crippen molar-refractivity contribution in [2.45, 2.75) is 25.1 Å². The predicted octanol–water partition coefficient (Wildman–Crippen LogP) is 4.03. The fourth-order valence-electron chi connectivity index (χ4n) is 1.92. The highest BCUT2D eigenvalue weighted by Gasteiger charge is 2.14. The molecule has 1 aromatic heterocycles. The molecule has 0 spiro atoms. The predicted molar refractivity (Wildman–Crippen MR) is 70.2 cm³/mol. The van der Waals surface area contributed by atoms with Gasteiger partial charge in [-0.05, 0) is 24.1 Å². The zero-order valence-corrected chi connectivity index (χ0v) is 11.4. The molecule has 90 valence electrons. The lowest BCUT2D eigenvalue weighted by Crippen LogP contribution is -2.05. The van der Waals surface area contributed by atoms with E-state index in [-0.39, 0.29) is 5.82 Å². The van der Waals surface area contributed by atoms with Gasteiger partial charge in [0.25, 0.3) is 0 Å². The Kier molecular flexibility index (Phi) is 3.62. The number of alkyl halides is 1. The van der Waals surface area contributed by atoms with E-state index < -0.39 is 0 Å². The van der Waals surface area contributed by atoms with Crippen molar-refractivity contribution >= 4 is 15.9 Å². The molecular formula is C13H14BrFN2. The maximum Gasteiger partial charge on any atom is 0.125 e. The minimum Gasteiger partial charge on any atom is -0.237 e. The number of hydrogen-bond donors (Lipinski definition) is 0. The van der Waals surface area contributed by atoms with Crippen LogP contribution in [0, 0.1) is 5.82 Å². The minimum absolute atomic E-state index is 0.243. The van der Waals surface area contributed by atoms with Gasteiger partial charge in [-0.2, -0.15) is 5.10 Å². The van der Waals surface area contributed by atoms with Crippen LogP contribution in [0.25, 0.3) is 5.69 Å². The van der Waals surface area contributed by atoms with Crippen LogP contribution in [0.2, 0.25) is 0 Å². The topological polar surface area (TPSA) is 17.8 Å². The largest absolute Gasteiger partial charge is 0.237 e. The number of aromatic nitrogens is 2. The number of hydrogen-bond acceptors (Lipinski definition) is 1. The summed E-state index contributed by atoms with van der Waals surface area (Å²) in [6, 6.07) is 6.49. The molecule has 0 aliphatic carbocycles. The Morgan fingerprint density at radius 3 is 2.76 bits per heavy atom. The van der Waals surface area contributed by atoms with Crippen molar-refractivity contribution in [2.75, 3.05) is 0 Å². The van der Waals surface area contributed by atoms with Gasteiger partial charge in [0.15, 0.2) is 0 Å². The third-order valence-electron chi connectivity index (χ3n) is 2.63. The highest BCUT2D eigenvalue weighted by molar-refractivity contribution is 9.08. The molecule has 0 bridgehead atoms. The van der Waals surface area contributed by atoms with Crippen LogP contribution >= 0.6 is 15.9 Å². The summed E-state index contributed by atoms with van der Waals surface area (Å²) >= 11 is 3.45. The Labute approximate surface area is 109 Å². The van der Waals surface area contributed by atoms with Gasteiger partial charge in [-0.25, -0.2) is 9.07 Å². The van der Waals surface area contributed by atoms with Crippen molar-refractivity contribution in [3.8, 4) is 5.69 Å².